The average Bonchev–Trinajstić information content (AvgIpc) is 2.36. The molecule has 0 atom stereocenters. The van der Waals surface area contributed by atoms with Crippen LogP contribution in [-0.2, 0) is 4.79 Å². The SMILES string of the molecule is CC(C)(C)C(=O)Nc1nccnc1C(=O)NCC1CNC1.Cl.Cl. The molecule has 1 aliphatic heterocycles. The zero-order chi connectivity index (χ0) is 15.5. The average molecular weight is 364 g/mol. The van der Waals surface area contributed by atoms with Crippen molar-refractivity contribution in [3.05, 3.63) is 18.1 Å². The number of carbonyl (C=O) groups excluding carboxylic acids is 2. The molecule has 0 aliphatic carbocycles. The summed E-state index contributed by atoms with van der Waals surface area (Å²) in [4.78, 5) is 32.2. The molecule has 9 heteroatoms. The number of rotatable bonds is 4. The van der Waals surface area contributed by atoms with Crippen LogP contribution in [0.3, 0.4) is 0 Å². The molecule has 1 aromatic rings. The smallest absolute Gasteiger partial charge is 0.273 e. The van der Waals surface area contributed by atoms with Gasteiger partial charge < -0.3 is 16.0 Å². The summed E-state index contributed by atoms with van der Waals surface area (Å²) in [7, 11) is 0. The summed E-state index contributed by atoms with van der Waals surface area (Å²) in [6.45, 7) is 7.80. The number of halogens is 2. The van der Waals surface area contributed by atoms with Gasteiger partial charge in [0.05, 0.1) is 0 Å². The Morgan fingerprint density at radius 1 is 1.22 bits per heavy atom. The second-order valence-corrected chi connectivity index (χ2v) is 6.19. The van der Waals surface area contributed by atoms with Crippen molar-refractivity contribution >= 4 is 42.4 Å². The van der Waals surface area contributed by atoms with E-state index in [9.17, 15) is 9.59 Å². The molecule has 130 valence electrons. The summed E-state index contributed by atoms with van der Waals surface area (Å²) >= 11 is 0. The van der Waals surface area contributed by atoms with Gasteiger partial charge in [0.2, 0.25) is 5.91 Å². The number of hydrogen-bond donors (Lipinski definition) is 3. The molecule has 2 heterocycles. The summed E-state index contributed by atoms with van der Waals surface area (Å²) < 4.78 is 0. The first-order valence-electron chi connectivity index (χ1n) is 6.99. The lowest BCUT2D eigenvalue weighted by atomic mass is 9.96. The highest BCUT2D eigenvalue weighted by molar-refractivity contribution is 6.02. The van der Waals surface area contributed by atoms with Crippen molar-refractivity contribution in [2.24, 2.45) is 11.3 Å². The predicted octanol–water partition coefficient (Wildman–Crippen LogP) is 1.25. The predicted molar refractivity (Wildman–Crippen MR) is 93.3 cm³/mol. The molecule has 3 N–H and O–H groups in total. The van der Waals surface area contributed by atoms with Crippen molar-refractivity contribution in [1.82, 2.24) is 20.6 Å². The standard InChI is InChI=1S/C14H21N5O2.2ClH/c1-14(2,3)13(21)19-11-10(16-4-5-17-11)12(20)18-8-9-6-15-7-9;;/h4-5,9,15H,6-8H2,1-3H3,(H,18,20)(H,17,19,21);2*1H. The number of anilines is 1. The van der Waals surface area contributed by atoms with Crippen LogP contribution in [0.25, 0.3) is 0 Å². The summed E-state index contributed by atoms with van der Waals surface area (Å²) in [6.07, 6.45) is 2.89. The van der Waals surface area contributed by atoms with Gasteiger partial charge in [-0.15, -0.1) is 24.8 Å². The minimum absolute atomic E-state index is 0. The molecule has 2 amide bonds. The third-order valence-corrected chi connectivity index (χ3v) is 3.24. The molecule has 0 spiro atoms. The molecule has 1 fully saturated rings. The van der Waals surface area contributed by atoms with Crippen molar-refractivity contribution in [1.29, 1.82) is 0 Å². The van der Waals surface area contributed by atoms with Gasteiger partial charge in [0, 0.05) is 43.4 Å². The molecule has 2 rings (SSSR count). The summed E-state index contributed by atoms with van der Waals surface area (Å²) in [5.74, 6) is 0.124. The van der Waals surface area contributed by atoms with Gasteiger partial charge in [-0.1, -0.05) is 20.8 Å². The maximum absolute atomic E-state index is 12.2. The summed E-state index contributed by atoms with van der Waals surface area (Å²) in [6, 6.07) is 0. The van der Waals surface area contributed by atoms with Crippen LogP contribution in [0.2, 0.25) is 0 Å². The Balaban J connectivity index is 0.00000242. The maximum Gasteiger partial charge on any atom is 0.273 e. The van der Waals surface area contributed by atoms with Gasteiger partial charge in [0.25, 0.3) is 5.91 Å². The van der Waals surface area contributed by atoms with E-state index in [2.05, 4.69) is 25.9 Å². The van der Waals surface area contributed by atoms with Gasteiger partial charge in [0.1, 0.15) is 0 Å². The normalized spacial score (nSPS) is 13.9. The van der Waals surface area contributed by atoms with Crippen molar-refractivity contribution in [2.75, 3.05) is 25.0 Å². The molecule has 1 saturated heterocycles. The van der Waals surface area contributed by atoms with E-state index < -0.39 is 5.41 Å². The Kier molecular flexibility index (Phi) is 8.44. The molecule has 1 aliphatic rings. The first-order chi connectivity index (χ1) is 9.88. The van der Waals surface area contributed by atoms with Crippen LogP contribution in [0, 0.1) is 11.3 Å². The highest BCUT2D eigenvalue weighted by atomic mass is 35.5. The van der Waals surface area contributed by atoms with E-state index in [0.29, 0.717) is 12.5 Å². The first-order valence-corrected chi connectivity index (χ1v) is 6.99. The maximum atomic E-state index is 12.2. The monoisotopic (exact) mass is 363 g/mol. The Morgan fingerprint density at radius 2 is 1.83 bits per heavy atom. The molecular weight excluding hydrogens is 341 g/mol. The third-order valence-electron chi connectivity index (χ3n) is 3.24. The van der Waals surface area contributed by atoms with Gasteiger partial charge in [-0.3, -0.25) is 9.59 Å². The van der Waals surface area contributed by atoms with Gasteiger partial charge >= 0.3 is 0 Å². The Labute approximate surface area is 148 Å². The van der Waals surface area contributed by atoms with E-state index in [1.54, 1.807) is 20.8 Å². The lowest BCUT2D eigenvalue weighted by molar-refractivity contribution is -0.123. The molecule has 23 heavy (non-hydrogen) atoms. The van der Waals surface area contributed by atoms with Crippen molar-refractivity contribution in [3.8, 4) is 0 Å². The number of nitrogens with one attached hydrogen (secondary N) is 3. The highest BCUT2D eigenvalue weighted by Crippen LogP contribution is 2.17. The highest BCUT2D eigenvalue weighted by Gasteiger charge is 2.25. The van der Waals surface area contributed by atoms with Crippen molar-refractivity contribution in [2.45, 2.75) is 20.8 Å². The Bertz CT molecular complexity index is 544. The molecular formula is C14H23Cl2N5O2. The second-order valence-electron chi connectivity index (χ2n) is 6.19. The molecule has 0 bridgehead atoms. The van der Waals surface area contributed by atoms with Gasteiger partial charge in [-0.25, -0.2) is 9.97 Å². The summed E-state index contributed by atoms with van der Waals surface area (Å²) in [5.41, 5.74) is -0.426. The van der Waals surface area contributed by atoms with E-state index in [1.807, 2.05) is 0 Å². The molecule has 0 aromatic carbocycles. The van der Waals surface area contributed by atoms with Crippen LogP contribution < -0.4 is 16.0 Å². The number of amides is 2. The zero-order valence-corrected chi connectivity index (χ0v) is 15.0. The fourth-order valence-corrected chi connectivity index (χ4v) is 1.70. The van der Waals surface area contributed by atoms with Crippen LogP contribution in [0.1, 0.15) is 31.3 Å². The lowest BCUT2D eigenvalue weighted by Crippen LogP contribution is -2.48. The van der Waals surface area contributed by atoms with Gasteiger partial charge in [0.15, 0.2) is 11.5 Å². The summed E-state index contributed by atoms with van der Waals surface area (Å²) in [5, 5.41) is 8.62. The van der Waals surface area contributed by atoms with E-state index >= 15 is 0 Å². The van der Waals surface area contributed by atoms with E-state index in [-0.39, 0.29) is 48.1 Å². The van der Waals surface area contributed by atoms with Crippen LogP contribution in [0.5, 0.6) is 0 Å². The number of aromatic nitrogens is 2. The fraction of sp³-hybridized carbons (Fsp3) is 0.571. The zero-order valence-electron chi connectivity index (χ0n) is 13.4. The third kappa shape index (κ3) is 5.93. The van der Waals surface area contributed by atoms with Gasteiger partial charge in [-0.2, -0.15) is 0 Å². The largest absolute Gasteiger partial charge is 0.350 e. The lowest BCUT2D eigenvalue weighted by Gasteiger charge is -2.27. The van der Waals surface area contributed by atoms with Crippen molar-refractivity contribution < 1.29 is 9.59 Å². The number of nitrogens with zero attached hydrogens (tertiary/aromatic N) is 2. The second kappa shape index (κ2) is 9.00. The number of hydrogen-bond acceptors (Lipinski definition) is 5. The molecule has 1 aromatic heterocycles. The van der Waals surface area contributed by atoms with Crippen LogP contribution >= 0.6 is 24.8 Å². The van der Waals surface area contributed by atoms with E-state index in [1.165, 1.54) is 12.4 Å². The molecule has 0 saturated carbocycles. The molecule has 0 radical (unpaired) electrons. The number of carbonyl (C=O) groups is 2. The molecule has 7 nitrogen and oxygen atoms in total. The van der Waals surface area contributed by atoms with Gasteiger partial charge in [-0.05, 0) is 0 Å². The quantitative estimate of drug-likeness (QED) is 0.748. The van der Waals surface area contributed by atoms with E-state index in [0.717, 1.165) is 13.1 Å². The van der Waals surface area contributed by atoms with Crippen molar-refractivity contribution in [3.63, 3.8) is 0 Å². The van der Waals surface area contributed by atoms with Crippen LogP contribution in [-0.4, -0.2) is 41.4 Å². The fourth-order valence-electron chi connectivity index (χ4n) is 1.70. The topological polar surface area (TPSA) is 96.0 Å². The minimum atomic E-state index is -0.567. The Morgan fingerprint density at radius 3 is 2.35 bits per heavy atom. The molecule has 0 unspecified atom stereocenters. The van der Waals surface area contributed by atoms with Crippen LogP contribution in [0.15, 0.2) is 12.4 Å². The first kappa shape index (κ1) is 21.6. The van der Waals surface area contributed by atoms with E-state index in [4.69, 9.17) is 0 Å². The van der Waals surface area contributed by atoms with Crippen LogP contribution in [0.4, 0.5) is 5.82 Å². The minimum Gasteiger partial charge on any atom is -0.350 e. The Hall–Kier alpha value is -1.44.